The van der Waals surface area contributed by atoms with Gasteiger partial charge in [0.05, 0.1) is 11.4 Å². The van der Waals surface area contributed by atoms with E-state index in [2.05, 4.69) is 29.0 Å². The lowest BCUT2D eigenvalue weighted by atomic mass is 9.90. The van der Waals surface area contributed by atoms with Crippen LogP contribution in [-0.4, -0.2) is 35.6 Å². The number of nitrogens with one attached hydrogen (secondary N) is 1. The Balaban J connectivity index is 1.87. The highest BCUT2D eigenvalue weighted by atomic mass is 35.5. The molecule has 0 aliphatic carbocycles. The molecule has 1 aromatic rings. The van der Waals surface area contributed by atoms with Crippen molar-refractivity contribution in [3.8, 4) is 0 Å². The zero-order chi connectivity index (χ0) is 14.5. The van der Waals surface area contributed by atoms with E-state index < -0.39 is 0 Å². The first-order valence-electron chi connectivity index (χ1n) is 7.72. The van der Waals surface area contributed by atoms with Crippen LogP contribution in [0.3, 0.4) is 0 Å². The van der Waals surface area contributed by atoms with Gasteiger partial charge in [0.25, 0.3) is 0 Å². The third kappa shape index (κ3) is 4.10. The lowest BCUT2D eigenvalue weighted by Gasteiger charge is -2.35. The molecule has 1 N–H and O–H groups in total. The van der Waals surface area contributed by atoms with E-state index in [0.717, 1.165) is 17.3 Å². The Hall–Kier alpha value is -0.800. The van der Waals surface area contributed by atoms with E-state index >= 15 is 0 Å². The normalized spacial score (nSPS) is 19.0. The van der Waals surface area contributed by atoms with Crippen LogP contribution in [0.4, 0.5) is 5.69 Å². The molecule has 0 bridgehead atoms. The van der Waals surface area contributed by atoms with Crippen molar-refractivity contribution in [2.45, 2.75) is 46.1 Å². The Kier molecular flexibility index (Phi) is 5.67. The van der Waals surface area contributed by atoms with Gasteiger partial charge in [-0.05, 0) is 70.8 Å². The second-order valence-corrected chi connectivity index (χ2v) is 6.27. The van der Waals surface area contributed by atoms with E-state index in [-0.39, 0.29) is 0 Å². The van der Waals surface area contributed by atoms with Crippen molar-refractivity contribution in [3.63, 3.8) is 0 Å². The van der Waals surface area contributed by atoms with Crippen molar-refractivity contribution in [2.24, 2.45) is 5.92 Å². The Morgan fingerprint density at radius 2 is 2.10 bits per heavy atom. The molecule has 1 atom stereocenters. The van der Waals surface area contributed by atoms with E-state index in [4.69, 9.17) is 11.6 Å². The van der Waals surface area contributed by atoms with Crippen molar-refractivity contribution in [2.75, 3.05) is 25.0 Å². The molecule has 1 saturated heterocycles. The lowest BCUT2D eigenvalue weighted by molar-refractivity contribution is 0.176. The molecule has 3 nitrogen and oxygen atoms in total. The van der Waals surface area contributed by atoms with Crippen molar-refractivity contribution >= 4 is 17.3 Å². The molecule has 1 aliphatic heterocycles. The van der Waals surface area contributed by atoms with Gasteiger partial charge in [0, 0.05) is 6.04 Å². The molecule has 1 aromatic heterocycles. The molecule has 1 fully saturated rings. The topological polar surface area (TPSA) is 28.2 Å². The number of hydrogen-bond donors (Lipinski definition) is 1. The molecule has 0 aromatic carbocycles. The van der Waals surface area contributed by atoms with Gasteiger partial charge in [0.2, 0.25) is 0 Å². The van der Waals surface area contributed by atoms with Gasteiger partial charge in [-0.1, -0.05) is 18.5 Å². The second kappa shape index (κ2) is 7.28. The largest absolute Gasteiger partial charge is 0.381 e. The van der Waals surface area contributed by atoms with Crippen LogP contribution in [0, 0.1) is 12.8 Å². The molecule has 1 aliphatic rings. The summed E-state index contributed by atoms with van der Waals surface area (Å²) in [6.45, 7) is 10.3. The predicted octanol–water partition coefficient (Wildman–Crippen LogP) is 3.97. The molecule has 1 unspecified atom stereocenters. The summed E-state index contributed by atoms with van der Waals surface area (Å²) >= 11 is 5.90. The number of rotatable bonds is 5. The maximum Gasteiger partial charge on any atom is 0.129 e. The molecule has 112 valence electrons. The third-order valence-electron chi connectivity index (χ3n) is 4.31. The number of halogens is 1. The summed E-state index contributed by atoms with van der Waals surface area (Å²) < 4.78 is 0. The highest BCUT2D eigenvalue weighted by molar-refractivity contribution is 6.29. The second-order valence-electron chi connectivity index (χ2n) is 5.88. The Bertz CT molecular complexity index is 428. The van der Waals surface area contributed by atoms with Gasteiger partial charge in [-0.15, -0.1) is 0 Å². The Morgan fingerprint density at radius 3 is 2.70 bits per heavy atom. The Morgan fingerprint density at radius 1 is 1.40 bits per heavy atom. The average Bonchev–Trinajstić information content (AvgIpc) is 2.43. The van der Waals surface area contributed by atoms with Gasteiger partial charge in [-0.25, -0.2) is 4.98 Å². The van der Waals surface area contributed by atoms with Crippen molar-refractivity contribution in [1.82, 2.24) is 9.88 Å². The van der Waals surface area contributed by atoms with E-state index in [1.165, 1.54) is 38.9 Å². The fourth-order valence-corrected chi connectivity index (χ4v) is 3.23. The van der Waals surface area contributed by atoms with Crippen LogP contribution in [0.2, 0.25) is 5.15 Å². The third-order valence-corrected chi connectivity index (χ3v) is 4.52. The van der Waals surface area contributed by atoms with E-state index in [9.17, 15) is 0 Å². The van der Waals surface area contributed by atoms with Crippen molar-refractivity contribution < 1.29 is 0 Å². The number of nitrogens with zero attached hydrogens (tertiary/aromatic N) is 2. The number of anilines is 1. The number of hydrogen-bond acceptors (Lipinski definition) is 3. The monoisotopic (exact) mass is 295 g/mol. The molecule has 0 amide bonds. The average molecular weight is 296 g/mol. The smallest absolute Gasteiger partial charge is 0.129 e. The van der Waals surface area contributed by atoms with Gasteiger partial charge in [0.1, 0.15) is 5.15 Å². The van der Waals surface area contributed by atoms with Crippen molar-refractivity contribution in [1.29, 1.82) is 0 Å². The zero-order valence-corrected chi connectivity index (χ0v) is 13.6. The SMILES string of the molecule is CCCN1CCC(C(C)Nc2ccc(Cl)nc2C)CC1. The van der Waals surface area contributed by atoms with Crippen LogP contribution in [0.1, 0.15) is 38.8 Å². The van der Waals surface area contributed by atoms with Crippen LogP contribution in [0.5, 0.6) is 0 Å². The molecular formula is C16H26ClN3. The molecule has 0 radical (unpaired) electrons. The van der Waals surface area contributed by atoms with Gasteiger partial charge in [0.15, 0.2) is 0 Å². The standard InChI is InChI=1S/C16H26ClN3/c1-4-9-20-10-7-14(8-11-20)12(2)18-15-5-6-16(17)19-13(15)3/h5-6,12,14,18H,4,7-11H2,1-3H3. The molecule has 2 heterocycles. The molecule has 0 spiro atoms. The van der Waals surface area contributed by atoms with Crippen LogP contribution in [-0.2, 0) is 0 Å². The van der Waals surface area contributed by atoms with Crippen LogP contribution < -0.4 is 5.32 Å². The fraction of sp³-hybridized carbons (Fsp3) is 0.688. The predicted molar refractivity (Wildman–Crippen MR) is 86.5 cm³/mol. The Labute approximate surface area is 127 Å². The van der Waals surface area contributed by atoms with E-state index in [1.54, 1.807) is 0 Å². The van der Waals surface area contributed by atoms with Gasteiger partial charge < -0.3 is 10.2 Å². The highest BCUT2D eigenvalue weighted by Crippen LogP contribution is 2.24. The van der Waals surface area contributed by atoms with Crippen LogP contribution >= 0.6 is 11.6 Å². The molecular weight excluding hydrogens is 270 g/mol. The summed E-state index contributed by atoms with van der Waals surface area (Å²) in [7, 11) is 0. The summed E-state index contributed by atoms with van der Waals surface area (Å²) in [5.74, 6) is 0.748. The quantitative estimate of drug-likeness (QED) is 0.833. The summed E-state index contributed by atoms with van der Waals surface area (Å²) in [6.07, 6.45) is 3.83. The molecule has 20 heavy (non-hydrogen) atoms. The van der Waals surface area contributed by atoms with Gasteiger partial charge in [-0.3, -0.25) is 0 Å². The first kappa shape index (κ1) is 15.6. The minimum absolute atomic E-state index is 0.487. The molecule has 0 saturated carbocycles. The number of likely N-dealkylation sites (tertiary alicyclic amines) is 1. The molecule has 2 rings (SSSR count). The zero-order valence-electron chi connectivity index (χ0n) is 12.8. The highest BCUT2D eigenvalue weighted by Gasteiger charge is 2.23. The van der Waals surface area contributed by atoms with E-state index in [1.807, 2.05) is 19.1 Å². The minimum atomic E-state index is 0.487. The van der Waals surface area contributed by atoms with Crippen molar-refractivity contribution in [3.05, 3.63) is 23.0 Å². The van der Waals surface area contributed by atoms with Crippen LogP contribution in [0.25, 0.3) is 0 Å². The number of pyridine rings is 1. The van der Waals surface area contributed by atoms with Crippen LogP contribution in [0.15, 0.2) is 12.1 Å². The van der Waals surface area contributed by atoms with Gasteiger partial charge in [-0.2, -0.15) is 0 Å². The number of aryl methyl sites for hydroxylation is 1. The maximum absolute atomic E-state index is 5.90. The minimum Gasteiger partial charge on any atom is -0.381 e. The molecule has 4 heteroatoms. The number of piperidine rings is 1. The van der Waals surface area contributed by atoms with Gasteiger partial charge >= 0.3 is 0 Å². The maximum atomic E-state index is 5.90. The van der Waals surface area contributed by atoms with E-state index in [0.29, 0.717) is 11.2 Å². The fourth-order valence-electron chi connectivity index (χ4n) is 3.04. The first-order chi connectivity index (χ1) is 9.60. The number of aromatic nitrogens is 1. The lowest BCUT2D eigenvalue weighted by Crippen LogP contribution is -2.39. The summed E-state index contributed by atoms with van der Waals surface area (Å²) in [5, 5.41) is 4.18. The first-order valence-corrected chi connectivity index (χ1v) is 8.10. The summed E-state index contributed by atoms with van der Waals surface area (Å²) in [5.41, 5.74) is 2.09. The summed E-state index contributed by atoms with van der Waals surface area (Å²) in [6, 6.07) is 4.38. The summed E-state index contributed by atoms with van der Waals surface area (Å²) in [4.78, 5) is 6.88.